The Balaban J connectivity index is 1.92. The van der Waals surface area contributed by atoms with E-state index in [1.165, 1.54) is 6.07 Å². The number of rotatable bonds is 6. The van der Waals surface area contributed by atoms with E-state index < -0.39 is 0 Å². The Morgan fingerprint density at radius 1 is 1.30 bits per heavy atom. The summed E-state index contributed by atoms with van der Waals surface area (Å²) >= 11 is 1.68. The van der Waals surface area contributed by atoms with Crippen LogP contribution in [0.5, 0.6) is 0 Å². The fraction of sp³-hybridized carbons (Fsp3) is 0.375. The number of guanidine groups is 1. The summed E-state index contributed by atoms with van der Waals surface area (Å²) in [5, 5.41) is 10.6. The lowest BCUT2D eigenvalue weighted by Crippen LogP contribution is -2.36. The molecule has 5 nitrogen and oxygen atoms in total. The van der Waals surface area contributed by atoms with Crippen molar-refractivity contribution in [1.82, 2.24) is 20.4 Å². The molecule has 0 saturated heterocycles. The average Bonchev–Trinajstić information content (AvgIpc) is 2.95. The SMILES string of the molecule is CN=C(NCc1cnn(C)c1)NCc1ccc(F)cc1CSC. The minimum absolute atomic E-state index is 0.197. The second-order valence-electron chi connectivity index (χ2n) is 5.15. The van der Waals surface area contributed by atoms with E-state index in [2.05, 4.69) is 20.7 Å². The molecule has 0 unspecified atom stereocenters. The van der Waals surface area contributed by atoms with Crippen LogP contribution in [0.3, 0.4) is 0 Å². The summed E-state index contributed by atoms with van der Waals surface area (Å²) in [5.74, 6) is 1.29. The predicted octanol–water partition coefficient (Wildman–Crippen LogP) is 2.29. The van der Waals surface area contributed by atoms with E-state index in [9.17, 15) is 4.39 Å². The van der Waals surface area contributed by atoms with E-state index in [0.29, 0.717) is 19.0 Å². The molecule has 0 spiro atoms. The topological polar surface area (TPSA) is 54.2 Å². The van der Waals surface area contributed by atoms with Gasteiger partial charge in [-0.1, -0.05) is 6.07 Å². The maximum Gasteiger partial charge on any atom is 0.191 e. The van der Waals surface area contributed by atoms with Gasteiger partial charge in [0.15, 0.2) is 5.96 Å². The van der Waals surface area contributed by atoms with E-state index in [0.717, 1.165) is 22.4 Å². The molecule has 124 valence electrons. The first-order valence-corrected chi connectivity index (χ1v) is 8.70. The number of aryl methyl sites for hydroxylation is 1. The Bertz CT molecular complexity index is 668. The van der Waals surface area contributed by atoms with Crippen molar-refractivity contribution in [1.29, 1.82) is 0 Å². The zero-order valence-corrected chi connectivity index (χ0v) is 14.5. The Hall–Kier alpha value is -2.02. The molecule has 1 heterocycles. The minimum atomic E-state index is -0.197. The third-order valence-corrected chi connectivity index (χ3v) is 3.96. The molecule has 0 amide bonds. The van der Waals surface area contributed by atoms with Gasteiger partial charge in [-0.2, -0.15) is 16.9 Å². The standard InChI is InChI=1S/C16H22FN5S/c1-18-16(19-7-12-8-21-22(2)10-12)20-9-13-4-5-15(17)6-14(13)11-23-3/h4-6,8,10H,7,9,11H2,1-3H3,(H2,18,19,20). The highest BCUT2D eigenvalue weighted by atomic mass is 32.2. The van der Waals surface area contributed by atoms with Gasteiger partial charge in [0.2, 0.25) is 0 Å². The molecule has 0 bridgehead atoms. The molecule has 2 N–H and O–H groups in total. The van der Waals surface area contributed by atoms with E-state index in [4.69, 9.17) is 0 Å². The molecule has 7 heteroatoms. The van der Waals surface area contributed by atoms with Crippen molar-refractivity contribution in [2.75, 3.05) is 13.3 Å². The van der Waals surface area contributed by atoms with Gasteiger partial charge in [-0.25, -0.2) is 4.39 Å². The van der Waals surface area contributed by atoms with E-state index in [1.54, 1.807) is 29.6 Å². The van der Waals surface area contributed by atoms with E-state index >= 15 is 0 Å². The molecule has 23 heavy (non-hydrogen) atoms. The van der Waals surface area contributed by atoms with Crippen LogP contribution in [-0.2, 0) is 25.9 Å². The van der Waals surface area contributed by atoms with Gasteiger partial charge >= 0.3 is 0 Å². The molecule has 0 atom stereocenters. The van der Waals surface area contributed by atoms with Gasteiger partial charge in [-0.3, -0.25) is 9.67 Å². The quantitative estimate of drug-likeness (QED) is 0.628. The zero-order chi connectivity index (χ0) is 16.7. The summed E-state index contributed by atoms with van der Waals surface area (Å²) in [6, 6.07) is 4.91. The lowest BCUT2D eigenvalue weighted by molar-refractivity contribution is 0.625. The summed E-state index contributed by atoms with van der Waals surface area (Å²) in [5.41, 5.74) is 3.16. The first-order chi connectivity index (χ1) is 11.1. The van der Waals surface area contributed by atoms with Crippen LogP contribution in [0.15, 0.2) is 35.6 Å². The maximum absolute atomic E-state index is 13.4. The normalized spacial score (nSPS) is 11.6. The number of benzene rings is 1. The van der Waals surface area contributed by atoms with Crippen LogP contribution in [0.25, 0.3) is 0 Å². The van der Waals surface area contributed by atoms with Crippen LogP contribution in [0.1, 0.15) is 16.7 Å². The molecular formula is C16H22FN5S. The maximum atomic E-state index is 13.4. The number of nitrogens with zero attached hydrogens (tertiary/aromatic N) is 3. The van der Waals surface area contributed by atoms with Crippen molar-refractivity contribution in [3.8, 4) is 0 Å². The number of thioether (sulfide) groups is 1. The molecular weight excluding hydrogens is 313 g/mol. The summed E-state index contributed by atoms with van der Waals surface area (Å²) in [4.78, 5) is 4.21. The molecule has 0 aliphatic heterocycles. The largest absolute Gasteiger partial charge is 0.352 e. The van der Waals surface area contributed by atoms with Gasteiger partial charge in [0, 0.05) is 44.7 Å². The fourth-order valence-corrected chi connectivity index (χ4v) is 2.79. The van der Waals surface area contributed by atoms with Gasteiger partial charge in [0.25, 0.3) is 0 Å². The smallest absolute Gasteiger partial charge is 0.191 e. The number of hydrogen-bond donors (Lipinski definition) is 2. The van der Waals surface area contributed by atoms with Crippen LogP contribution in [0.4, 0.5) is 4.39 Å². The van der Waals surface area contributed by atoms with E-state index in [1.807, 2.05) is 31.8 Å². The van der Waals surface area contributed by atoms with Crippen molar-refractivity contribution in [2.45, 2.75) is 18.8 Å². The van der Waals surface area contributed by atoms with Crippen LogP contribution >= 0.6 is 11.8 Å². The first kappa shape index (κ1) is 17.3. The predicted molar refractivity (Wildman–Crippen MR) is 93.9 cm³/mol. The lowest BCUT2D eigenvalue weighted by atomic mass is 10.1. The van der Waals surface area contributed by atoms with Crippen molar-refractivity contribution < 1.29 is 4.39 Å². The molecule has 0 radical (unpaired) electrons. The molecule has 0 aliphatic carbocycles. The van der Waals surface area contributed by atoms with Crippen molar-refractivity contribution >= 4 is 17.7 Å². The van der Waals surface area contributed by atoms with Crippen LogP contribution < -0.4 is 10.6 Å². The van der Waals surface area contributed by atoms with Gasteiger partial charge < -0.3 is 10.6 Å². The fourth-order valence-electron chi connectivity index (χ4n) is 2.21. The summed E-state index contributed by atoms with van der Waals surface area (Å²) in [7, 11) is 3.62. The Morgan fingerprint density at radius 3 is 2.74 bits per heavy atom. The summed E-state index contributed by atoms with van der Waals surface area (Å²) < 4.78 is 15.1. The van der Waals surface area contributed by atoms with Gasteiger partial charge in [-0.05, 0) is 29.5 Å². The molecule has 1 aromatic carbocycles. The number of aromatic nitrogens is 2. The Morgan fingerprint density at radius 2 is 2.09 bits per heavy atom. The highest BCUT2D eigenvalue weighted by molar-refractivity contribution is 7.97. The van der Waals surface area contributed by atoms with Crippen LogP contribution in [0, 0.1) is 5.82 Å². The van der Waals surface area contributed by atoms with Crippen LogP contribution in [-0.4, -0.2) is 29.0 Å². The lowest BCUT2D eigenvalue weighted by Gasteiger charge is -2.13. The second kappa shape index (κ2) is 8.57. The van der Waals surface area contributed by atoms with Gasteiger partial charge in [-0.15, -0.1) is 0 Å². The second-order valence-corrected chi connectivity index (χ2v) is 6.01. The third-order valence-electron chi connectivity index (χ3n) is 3.36. The minimum Gasteiger partial charge on any atom is -0.352 e. The van der Waals surface area contributed by atoms with E-state index in [-0.39, 0.29) is 5.82 Å². The number of hydrogen-bond acceptors (Lipinski definition) is 3. The average molecular weight is 335 g/mol. The molecule has 2 aromatic rings. The highest BCUT2D eigenvalue weighted by Gasteiger charge is 2.06. The van der Waals surface area contributed by atoms with Gasteiger partial charge in [0.1, 0.15) is 5.82 Å². The third kappa shape index (κ3) is 5.28. The number of halogens is 1. The molecule has 2 rings (SSSR count). The number of nitrogens with one attached hydrogen (secondary N) is 2. The van der Waals surface area contributed by atoms with Crippen LogP contribution in [0.2, 0.25) is 0 Å². The molecule has 0 saturated carbocycles. The van der Waals surface area contributed by atoms with Crippen molar-refractivity contribution in [2.24, 2.45) is 12.0 Å². The number of aliphatic imine (C=N–C) groups is 1. The first-order valence-electron chi connectivity index (χ1n) is 7.30. The van der Waals surface area contributed by atoms with Gasteiger partial charge in [0.05, 0.1) is 6.20 Å². The van der Waals surface area contributed by atoms with Crippen molar-refractivity contribution in [3.05, 3.63) is 53.1 Å². The monoisotopic (exact) mass is 335 g/mol. The Labute approximate surface area is 140 Å². The summed E-state index contributed by atoms with van der Waals surface area (Å²) in [6.45, 7) is 1.25. The molecule has 0 fully saturated rings. The molecule has 0 aliphatic rings. The highest BCUT2D eigenvalue weighted by Crippen LogP contribution is 2.16. The molecule has 1 aromatic heterocycles. The Kier molecular flexibility index (Phi) is 6.46. The van der Waals surface area contributed by atoms with Crippen molar-refractivity contribution in [3.63, 3.8) is 0 Å². The summed E-state index contributed by atoms with van der Waals surface area (Å²) in [6.07, 6.45) is 5.78. The zero-order valence-electron chi connectivity index (χ0n) is 13.6.